The molecular formula is C36H24N2. The van der Waals surface area contributed by atoms with E-state index in [-0.39, 0.29) is 0 Å². The lowest BCUT2D eigenvalue weighted by Crippen LogP contribution is -1.94. The van der Waals surface area contributed by atoms with Crippen LogP contribution in [0.15, 0.2) is 146 Å². The van der Waals surface area contributed by atoms with Gasteiger partial charge in [-0.3, -0.25) is 0 Å². The van der Waals surface area contributed by atoms with Crippen molar-refractivity contribution in [2.45, 2.75) is 0 Å². The molecule has 0 aliphatic rings. The Morgan fingerprint density at radius 3 is 1.03 bits per heavy atom. The highest BCUT2D eigenvalue weighted by Crippen LogP contribution is 2.38. The van der Waals surface area contributed by atoms with Gasteiger partial charge >= 0.3 is 0 Å². The minimum absolute atomic E-state index is 0.939. The molecule has 2 aromatic heterocycles. The van der Waals surface area contributed by atoms with Crippen molar-refractivity contribution in [2.24, 2.45) is 0 Å². The molecule has 0 bridgehead atoms. The first-order chi connectivity index (χ1) is 18.8. The Labute approximate surface area is 221 Å². The summed E-state index contributed by atoms with van der Waals surface area (Å²) in [5.74, 6) is 0. The highest BCUT2D eigenvalue weighted by Gasteiger charge is 2.15. The molecule has 7 rings (SSSR count). The van der Waals surface area contributed by atoms with E-state index in [9.17, 15) is 0 Å². The molecule has 0 unspecified atom stereocenters. The molecule has 0 aliphatic heterocycles. The molecule has 0 amide bonds. The van der Waals surface area contributed by atoms with Crippen molar-refractivity contribution < 1.29 is 0 Å². The molecule has 5 aromatic carbocycles. The molecule has 0 saturated carbocycles. The van der Waals surface area contributed by atoms with Gasteiger partial charge in [-0.2, -0.15) is 0 Å². The molecule has 0 N–H and O–H groups in total. The van der Waals surface area contributed by atoms with E-state index in [2.05, 4.69) is 133 Å². The Balaban J connectivity index is 1.57. The average molecular weight is 485 g/mol. The Morgan fingerprint density at radius 1 is 0.316 bits per heavy atom. The third-order valence-corrected chi connectivity index (χ3v) is 7.05. The van der Waals surface area contributed by atoms with Crippen molar-refractivity contribution in [3.8, 4) is 44.8 Å². The molecule has 2 nitrogen and oxygen atoms in total. The fraction of sp³-hybridized carbons (Fsp3) is 0. The SMILES string of the molecule is c1ccc(-c2cc(-c3ccccc3)c3cc4c(-c5ccccc5)cc(-c5ccccc5)nc4cc3n2)cc1. The van der Waals surface area contributed by atoms with E-state index < -0.39 is 0 Å². The van der Waals surface area contributed by atoms with Crippen molar-refractivity contribution in [1.29, 1.82) is 0 Å². The summed E-state index contributed by atoms with van der Waals surface area (Å²) >= 11 is 0. The Kier molecular flexibility index (Phi) is 5.49. The lowest BCUT2D eigenvalue weighted by atomic mass is 9.93. The molecule has 0 fully saturated rings. The maximum absolute atomic E-state index is 5.15. The number of fused-ring (bicyclic) bond motifs is 2. The normalized spacial score (nSPS) is 11.2. The van der Waals surface area contributed by atoms with Crippen LogP contribution in [0, 0.1) is 0 Å². The van der Waals surface area contributed by atoms with Crippen LogP contribution in [0.3, 0.4) is 0 Å². The van der Waals surface area contributed by atoms with Crippen LogP contribution in [0.4, 0.5) is 0 Å². The summed E-state index contributed by atoms with van der Waals surface area (Å²) in [6.45, 7) is 0. The van der Waals surface area contributed by atoms with Crippen LogP contribution in [0.2, 0.25) is 0 Å². The topological polar surface area (TPSA) is 25.8 Å². The van der Waals surface area contributed by atoms with Crippen molar-refractivity contribution in [2.75, 3.05) is 0 Å². The highest BCUT2D eigenvalue weighted by molar-refractivity contribution is 6.08. The molecule has 2 heterocycles. The number of rotatable bonds is 4. The van der Waals surface area contributed by atoms with Gasteiger partial charge in [-0.15, -0.1) is 0 Å². The standard InChI is InChI=1S/C36H24N2/c1-5-13-25(14-6-1)29-22-33(27-17-9-3-10-18-27)37-35-24-36-32(21-31(29)35)30(26-15-7-2-8-16-26)23-34(38-36)28-19-11-4-12-20-28/h1-24H. The predicted molar refractivity (Wildman–Crippen MR) is 159 cm³/mol. The van der Waals surface area contributed by atoms with Crippen LogP contribution in [-0.2, 0) is 0 Å². The minimum Gasteiger partial charge on any atom is -0.248 e. The van der Waals surface area contributed by atoms with Gasteiger partial charge in [0.15, 0.2) is 0 Å². The van der Waals surface area contributed by atoms with E-state index in [1.807, 2.05) is 12.1 Å². The molecule has 38 heavy (non-hydrogen) atoms. The van der Waals surface area contributed by atoms with Crippen LogP contribution in [0.5, 0.6) is 0 Å². The molecule has 178 valence electrons. The van der Waals surface area contributed by atoms with Gasteiger partial charge in [-0.05, 0) is 46.5 Å². The summed E-state index contributed by atoms with van der Waals surface area (Å²) in [6.07, 6.45) is 0. The van der Waals surface area contributed by atoms with Crippen LogP contribution >= 0.6 is 0 Å². The van der Waals surface area contributed by atoms with Crippen LogP contribution < -0.4 is 0 Å². The smallest absolute Gasteiger partial charge is 0.0737 e. The summed E-state index contributed by atoms with van der Waals surface area (Å²) in [7, 11) is 0. The van der Waals surface area contributed by atoms with E-state index >= 15 is 0 Å². The van der Waals surface area contributed by atoms with Crippen molar-refractivity contribution in [1.82, 2.24) is 9.97 Å². The second-order valence-electron chi connectivity index (χ2n) is 9.46. The molecule has 0 radical (unpaired) electrons. The maximum atomic E-state index is 5.15. The monoisotopic (exact) mass is 484 g/mol. The third-order valence-electron chi connectivity index (χ3n) is 7.05. The van der Waals surface area contributed by atoms with Crippen LogP contribution in [0.1, 0.15) is 0 Å². The Morgan fingerprint density at radius 2 is 0.658 bits per heavy atom. The summed E-state index contributed by atoms with van der Waals surface area (Å²) in [5, 5.41) is 2.24. The van der Waals surface area contributed by atoms with E-state index in [0.29, 0.717) is 0 Å². The number of benzene rings is 5. The molecule has 7 aromatic rings. The Hall–Kier alpha value is -5.08. The summed E-state index contributed by atoms with van der Waals surface area (Å²) in [5.41, 5.74) is 10.7. The van der Waals surface area contributed by atoms with Crippen molar-refractivity contribution in [3.63, 3.8) is 0 Å². The minimum atomic E-state index is 0.939. The fourth-order valence-electron chi connectivity index (χ4n) is 5.17. The fourth-order valence-corrected chi connectivity index (χ4v) is 5.17. The number of nitrogens with zero attached hydrogens (tertiary/aromatic N) is 2. The number of aromatic nitrogens is 2. The molecule has 2 heteroatoms. The van der Waals surface area contributed by atoms with E-state index in [1.54, 1.807) is 0 Å². The summed E-state index contributed by atoms with van der Waals surface area (Å²) < 4.78 is 0. The maximum Gasteiger partial charge on any atom is 0.0737 e. The first-order valence-corrected chi connectivity index (χ1v) is 12.8. The van der Waals surface area contributed by atoms with Crippen LogP contribution in [-0.4, -0.2) is 9.97 Å². The lowest BCUT2D eigenvalue weighted by molar-refractivity contribution is 1.37. The van der Waals surface area contributed by atoms with Gasteiger partial charge in [0.05, 0.1) is 22.4 Å². The van der Waals surface area contributed by atoms with Gasteiger partial charge in [-0.1, -0.05) is 121 Å². The van der Waals surface area contributed by atoms with Gasteiger partial charge in [0.2, 0.25) is 0 Å². The number of hydrogen-bond acceptors (Lipinski definition) is 2. The summed E-state index contributed by atoms with van der Waals surface area (Å²) in [6, 6.07) is 50.8. The Bertz CT molecular complexity index is 1740. The van der Waals surface area contributed by atoms with Gasteiger partial charge in [0, 0.05) is 21.9 Å². The van der Waals surface area contributed by atoms with Crippen molar-refractivity contribution in [3.05, 3.63) is 146 Å². The van der Waals surface area contributed by atoms with Gasteiger partial charge in [0.25, 0.3) is 0 Å². The zero-order valence-electron chi connectivity index (χ0n) is 20.8. The predicted octanol–water partition coefficient (Wildman–Crippen LogP) is 9.45. The van der Waals surface area contributed by atoms with E-state index in [0.717, 1.165) is 44.3 Å². The highest BCUT2D eigenvalue weighted by atomic mass is 14.7. The second kappa shape index (κ2) is 9.42. The number of pyridine rings is 2. The first kappa shape index (κ1) is 22.1. The van der Waals surface area contributed by atoms with Crippen LogP contribution in [0.25, 0.3) is 66.6 Å². The summed E-state index contributed by atoms with van der Waals surface area (Å²) in [4.78, 5) is 10.3. The molecule has 0 spiro atoms. The quantitative estimate of drug-likeness (QED) is 0.233. The molecular weight excluding hydrogens is 460 g/mol. The van der Waals surface area contributed by atoms with Gasteiger partial charge < -0.3 is 0 Å². The third kappa shape index (κ3) is 4.03. The molecule has 0 aliphatic carbocycles. The lowest BCUT2D eigenvalue weighted by Gasteiger charge is -2.15. The average Bonchev–Trinajstić information content (AvgIpc) is 3.00. The zero-order valence-corrected chi connectivity index (χ0v) is 20.8. The van der Waals surface area contributed by atoms with Crippen molar-refractivity contribution >= 4 is 21.8 Å². The first-order valence-electron chi connectivity index (χ1n) is 12.8. The second-order valence-corrected chi connectivity index (χ2v) is 9.46. The van der Waals surface area contributed by atoms with E-state index in [1.165, 1.54) is 22.3 Å². The molecule has 0 atom stereocenters. The van der Waals surface area contributed by atoms with Gasteiger partial charge in [-0.25, -0.2) is 9.97 Å². The largest absolute Gasteiger partial charge is 0.248 e. The number of hydrogen-bond donors (Lipinski definition) is 0. The molecule has 0 saturated heterocycles. The van der Waals surface area contributed by atoms with Gasteiger partial charge in [0.1, 0.15) is 0 Å². The van der Waals surface area contributed by atoms with E-state index in [4.69, 9.17) is 9.97 Å². The zero-order chi connectivity index (χ0) is 25.3.